The summed E-state index contributed by atoms with van der Waals surface area (Å²) in [6.45, 7) is 7.68. The number of hydrogen-bond donors (Lipinski definition) is 0. The maximum atomic E-state index is 13.5. The molecule has 0 aliphatic carbocycles. The highest BCUT2D eigenvalue weighted by atomic mass is 32.1. The van der Waals surface area contributed by atoms with E-state index in [2.05, 4.69) is 23.6 Å². The zero-order valence-corrected chi connectivity index (χ0v) is 19.9. The van der Waals surface area contributed by atoms with Crippen LogP contribution in [0.4, 0.5) is 10.8 Å². The van der Waals surface area contributed by atoms with Gasteiger partial charge in [0, 0.05) is 30.9 Å². The van der Waals surface area contributed by atoms with Crippen LogP contribution in [-0.4, -0.2) is 63.2 Å². The second-order valence-corrected chi connectivity index (χ2v) is 8.67. The molecule has 1 heterocycles. The highest BCUT2D eigenvalue weighted by molar-refractivity contribution is 7.22. The molecule has 7 heteroatoms. The summed E-state index contributed by atoms with van der Waals surface area (Å²) in [6, 6.07) is 13.7. The van der Waals surface area contributed by atoms with Crippen molar-refractivity contribution in [3.8, 4) is 5.75 Å². The molecule has 0 unspecified atom stereocenters. The van der Waals surface area contributed by atoms with E-state index in [4.69, 9.17) is 9.72 Å². The van der Waals surface area contributed by atoms with E-state index in [1.54, 1.807) is 7.11 Å². The smallest absolute Gasteiger partial charge is 0.260 e. The molecule has 6 nitrogen and oxygen atoms in total. The SMILES string of the molecule is CCN(CC)c1ccc(C(=O)N(CCCN(C)C)c2nc3ccc(OC)cc3s2)cc1. The van der Waals surface area contributed by atoms with Crippen molar-refractivity contribution in [2.45, 2.75) is 20.3 Å². The fraction of sp³-hybridized carbons (Fsp3) is 0.417. The predicted molar refractivity (Wildman–Crippen MR) is 131 cm³/mol. The van der Waals surface area contributed by atoms with E-state index in [0.717, 1.165) is 52.8 Å². The number of aromatic nitrogens is 1. The lowest BCUT2D eigenvalue weighted by Gasteiger charge is -2.23. The molecule has 2 aromatic carbocycles. The summed E-state index contributed by atoms with van der Waals surface area (Å²) < 4.78 is 6.35. The number of fused-ring (bicyclic) bond motifs is 1. The van der Waals surface area contributed by atoms with Crippen molar-refractivity contribution in [2.24, 2.45) is 0 Å². The van der Waals surface area contributed by atoms with Crippen LogP contribution in [0.25, 0.3) is 10.2 Å². The van der Waals surface area contributed by atoms with Gasteiger partial charge in [-0.3, -0.25) is 9.69 Å². The molecule has 31 heavy (non-hydrogen) atoms. The summed E-state index contributed by atoms with van der Waals surface area (Å²) in [5, 5.41) is 0.722. The first-order valence-electron chi connectivity index (χ1n) is 10.7. The van der Waals surface area contributed by atoms with Gasteiger partial charge in [-0.15, -0.1) is 0 Å². The van der Waals surface area contributed by atoms with Crippen LogP contribution in [0.2, 0.25) is 0 Å². The monoisotopic (exact) mass is 440 g/mol. The number of benzene rings is 2. The van der Waals surface area contributed by atoms with Crippen LogP contribution in [0.1, 0.15) is 30.6 Å². The Morgan fingerprint density at radius 1 is 1.03 bits per heavy atom. The fourth-order valence-corrected chi connectivity index (χ4v) is 4.54. The van der Waals surface area contributed by atoms with E-state index in [0.29, 0.717) is 12.1 Å². The van der Waals surface area contributed by atoms with Gasteiger partial charge in [-0.25, -0.2) is 4.98 Å². The zero-order valence-electron chi connectivity index (χ0n) is 19.1. The molecule has 0 bridgehead atoms. The highest BCUT2D eigenvalue weighted by Gasteiger charge is 2.21. The van der Waals surface area contributed by atoms with Crippen molar-refractivity contribution >= 4 is 38.3 Å². The lowest BCUT2D eigenvalue weighted by atomic mass is 10.1. The van der Waals surface area contributed by atoms with Crippen LogP contribution in [-0.2, 0) is 0 Å². The van der Waals surface area contributed by atoms with E-state index in [1.807, 2.05) is 61.5 Å². The van der Waals surface area contributed by atoms with E-state index >= 15 is 0 Å². The highest BCUT2D eigenvalue weighted by Crippen LogP contribution is 2.32. The number of carbonyl (C=O) groups excluding carboxylic acids is 1. The summed E-state index contributed by atoms with van der Waals surface area (Å²) >= 11 is 1.52. The van der Waals surface area contributed by atoms with Crippen LogP contribution >= 0.6 is 11.3 Å². The van der Waals surface area contributed by atoms with Crippen molar-refractivity contribution < 1.29 is 9.53 Å². The molecule has 0 radical (unpaired) electrons. The minimum absolute atomic E-state index is 0.0177. The average Bonchev–Trinajstić information content (AvgIpc) is 3.20. The van der Waals surface area contributed by atoms with Crippen molar-refractivity contribution in [3.05, 3.63) is 48.0 Å². The Hall–Kier alpha value is -2.64. The molecular weight excluding hydrogens is 408 g/mol. The number of ether oxygens (including phenoxy) is 1. The van der Waals surface area contributed by atoms with Gasteiger partial charge in [-0.1, -0.05) is 11.3 Å². The van der Waals surface area contributed by atoms with Gasteiger partial charge in [-0.05, 0) is 83.4 Å². The summed E-state index contributed by atoms with van der Waals surface area (Å²) in [7, 11) is 5.74. The molecule has 0 spiro atoms. The number of carbonyl (C=O) groups is 1. The number of thiazole rings is 1. The number of rotatable bonds is 10. The molecule has 1 amide bonds. The lowest BCUT2D eigenvalue weighted by Crippen LogP contribution is -2.33. The predicted octanol–water partition coefficient (Wildman–Crippen LogP) is 4.75. The quantitative estimate of drug-likeness (QED) is 0.455. The molecule has 0 fully saturated rings. The Labute approximate surface area is 189 Å². The minimum atomic E-state index is -0.0177. The van der Waals surface area contributed by atoms with Crippen molar-refractivity contribution in [2.75, 3.05) is 57.2 Å². The normalized spacial score (nSPS) is 11.2. The van der Waals surface area contributed by atoms with Crippen LogP contribution < -0.4 is 14.5 Å². The number of amides is 1. The first-order valence-corrected chi connectivity index (χ1v) is 11.5. The van der Waals surface area contributed by atoms with Gasteiger partial charge in [0.1, 0.15) is 5.75 Å². The molecular formula is C24H32N4O2S. The number of nitrogens with zero attached hydrogens (tertiary/aromatic N) is 4. The Bertz CT molecular complexity index is 996. The van der Waals surface area contributed by atoms with Crippen molar-refractivity contribution in [1.82, 2.24) is 9.88 Å². The topological polar surface area (TPSA) is 48.9 Å². The Balaban J connectivity index is 1.90. The molecule has 3 rings (SSSR count). The van der Waals surface area contributed by atoms with Crippen LogP contribution in [0, 0.1) is 0 Å². The first-order chi connectivity index (χ1) is 15.0. The van der Waals surface area contributed by atoms with Crippen molar-refractivity contribution in [3.63, 3.8) is 0 Å². The Kier molecular flexibility index (Phi) is 7.87. The second kappa shape index (κ2) is 10.6. The van der Waals surface area contributed by atoms with Crippen molar-refractivity contribution in [1.29, 1.82) is 0 Å². The average molecular weight is 441 g/mol. The fourth-order valence-electron chi connectivity index (χ4n) is 3.52. The lowest BCUT2D eigenvalue weighted by molar-refractivity contribution is 0.0986. The third-order valence-electron chi connectivity index (χ3n) is 5.29. The Morgan fingerprint density at radius 3 is 2.35 bits per heavy atom. The van der Waals surface area contributed by atoms with Crippen LogP contribution in [0.5, 0.6) is 5.75 Å². The second-order valence-electron chi connectivity index (χ2n) is 7.66. The van der Waals surface area contributed by atoms with E-state index in [9.17, 15) is 4.79 Å². The largest absolute Gasteiger partial charge is 0.497 e. The number of hydrogen-bond acceptors (Lipinski definition) is 6. The molecule has 0 aliphatic heterocycles. The third-order valence-corrected chi connectivity index (χ3v) is 6.33. The molecule has 0 atom stereocenters. The van der Waals surface area contributed by atoms with Gasteiger partial charge in [0.25, 0.3) is 5.91 Å². The van der Waals surface area contributed by atoms with Gasteiger partial charge < -0.3 is 14.5 Å². The molecule has 0 N–H and O–H groups in total. The van der Waals surface area contributed by atoms with Gasteiger partial charge in [0.05, 0.1) is 17.3 Å². The molecule has 166 valence electrons. The van der Waals surface area contributed by atoms with Gasteiger partial charge in [0.2, 0.25) is 0 Å². The molecule has 0 saturated carbocycles. The molecule has 3 aromatic rings. The maximum absolute atomic E-state index is 13.5. The summed E-state index contributed by atoms with van der Waals surface area (Å²) in [6.07, 6.45) is 0.871. The zero-order chi connectivity index (χ0) is 22.4. The molecule has 1 aromatic heterocycles. The van der Waals surface area contributed by atoms with Gasteiger partial charge >= 0.3 is 0 Å². The summed E-state index contributed by atoms with van der Waals surface area (Å²) in [4.78, 5) is 24.4. The van der Waals surface area contributed by atoms with E-state index in [-0.39, 0.29) is 5.91 Å². The number of methoxy groups -OCH3 is 1. The van der Waals surface area contributed by atoms with Crippen LogP contribution in [0.15, 0.2) is 42.5 Å². The number of anilines is 2. The minimum Gasteiger partial charge on any atom is -0.497 e. The Morgan fingerprint density at radius 2 is 1.74 bits per heavy atom. The third kappa shape index (κ3) is 5.54. The van der Waals surface area contributed by atoms with E-state index < -0.39 is 0 Å². The maximum Gasteiger partial charge on any atom is 0.260 e. The van der Waals surface area contributed by atoms with Crippen LogP contribution in [0.3, 0.4) is 0 Å². The summed E-state index contributed by atoms with van der Waals surface area (Å²) in [5.41, 5.74) is 2.69. The van der Waals surface area contributed by atoms with Gasteiger partial charge in [0.15, 0.2) is 5.13 Å². The van der Waals surface area contributed by atoms with Gasteiger partial charge in [-0.2, -0.15) is 0 Å². The standard InChI is InChI=1S/C24H32N4O2S/c1-6-27(7-2)19-11-9-18(10-12-19)23(29)28(16-8-15-26(3)4)24-25-21-14-13-20(30-5)17-22(21)31-24/h9-14,17H,6-8,15-16H2,1-5H3. The molecule has 0 saturated heterocycles. The van der Waals surface area contributed by atoms with E-state index in [1.165, 1.54) is 11.3 Å². The first kappa shape index (κ1) is 23.0. The summed E-state index contributed by atoms with van der Waals surface area (Å²) in [5.74, 6) is 0.774. The molecule has 0 aliphatic rings.